The maximum atomic E-state index is 11.0. The molecule has 1 rings (SSSR count). The molecule has 3 heteroatoms. The molecule has 0 N–H and O–H groups in total. The highest BCUT2D eigenvalue weighted by Gasteiger charge is 2.28. The van der Waals surface area contributed by atoms with E-state index in [0.29, 0.717) is 17.6 Å². The molecule has 0 heterocycles. The van der Waals surface area contributed by atoms with Crippen molar-refractivity contribution in [1.82, 2.24) is 0 Å². The SMILES string of the molecule is CCC1C[CH]CC1CS(C)(=O)=O. The fourth-order valence-electron chi connectivity index (χ4n) is 2.00. The normalized spacial score (nSPS) is 30.8. The van der Waals surface area contributed by atoms with Gasteiger partial charge in [0, 0.05) is 6.26 Å². The first-order chi connectivity index (χ1) is 5.53. The molecule has 0 amide bonds. The van der Waals surface area contributed by atoms with Crippen molar-refractivity contribution >= 4 is 9.84 Å². The molecule has 1 fully saturated rings. The van der Waals surface area contributed by atoms with Crippen molar-refractivity contribution in [3.8, 4) is 0 Å². The van der Waals surface area contributed by atoms with Gasteiger partial charge in [0.05, 0.1) is 5.75 Å². The van der Waals surface area contributed by atoms with Crippen LogP contribution in [0, 0.1) is 18.3 Å². The van der Waals surface area contributed by atoms with Crippen LogP contribution in [-0.4, -0.2) is 20.4 Å². The molecule has 71 valence electrons. The molecule has 0 saturated heterocycles. The molecule has 1 radical (unpaired) electrons. The van der Waals surface area contributed by atoms with E-state index in [-0.39, 0.29) is 0 Å². The fourth-order valence-corrected chi connectivity index (χ4v) is 3.19. The van der Waals surface area contributed by atoms with Crippen molar-refractivity contribution in [2.45, 2.75) is 26.2 Å². The highest BCUT2D eigenvalue weighted by atomic mass is 32.2. The monoisotopic (exact) mass is 189 g/mol. The lowest BCUT2D eigenvalue weighted by Gasteiger charge is -2.16. The molecule has 0 aliphatic heterocycles. The van der Waals surface area contributed by atoms with E-state index >= 15 is 0 Å². The summed E-state index contributed by atoms with van der Waals surface area (Å²) in [5, 5.41) is 0. The standard InChI is InChI=1S/C9H17O2S/c1-3-8-5-4-6-9(8)7-12(2,10)11/h4,8-9H,3,5-7H2,1-2H3. The molecule has 1 saturated carbocycles. The number of rotatable bonds is 3. The lowest BCUT2D eigenvalue weighted by molar-refractivity contribution is 0.407. The van der Waals surface area contributed by atoms with Crippen LogP contribution in [0.25, 0.3) is 0 Å². The van der Waals surface area contributed by atoms with Gasteiger partial charge in [-0.15, -0.1) is 0 Å². The second-order valence-corrected chi connectivity index (χ2v) is 5.97. The predicted octanol–water partition coefficient (Wildman–Crippen LogP) is 1.67. The Morgan fingerprint density at radius 2 is 1.92 bits per heavy atom. The van der Waals surface area contributed by atoms with Crippen LogP contribution in [0.5, 0.6) is 0 Å². The summed E-state index contributed by atoms with van der Waals surface area (Å²) in [5.41, 5.74) is 0. The minimum atomic E-state index is -2.77. The molecule has 1 aliphatic rings. The number of sulfone groups is 1. The summed E-state index contributed by atoms with van der Waals surface area (Å²) in [4.78, 5) is 0. The van der Waals surface area contributed by atoms with Gasteiger partial charge in [-0.3, -0.25) is 0 Å². The van der Waals surface area contributed by atoms with Gasteiger partial charge >= 0.3 is 0 Å². The van der Waals surface area contributed by atoms with Crippen molar-refractivity contribution in [2.75, 3.05) is 12.0 Å². The van der Waals surface area contributed by atoms with Crippen LogP contribution in [0.2, 0.25) is 0 Å². The average molecular weight is 189 g/mol. The van der Waals surface area contributed by atoms with Gasteiger partial charge in [0.2, 0.25) is 0 Å². The summed E-state index contributed by atoms with van der Waals surface area (Å²) >= 11 is 0. The van der Waals surface area contributed by atoms with Crippen LogP contribution in [0.15, 0.2) is 0 Å². The topological polar surface area (TPSA) is 34.1 Å². The predicted molar refractivity (Wildman–Crippen MR) is 50.5 cm³/mol. The Morgan fingerprint density at radius 1 is 1.33 bits per heavy atom. The number of hydrogen-bond donors (Lipinski definition) is 0. The molecule has 0 aromatic heterocycles. The van der Waals surface area contributed by atoms with E-state index in [1.165, 1.54) is 6.26 Å². The molecule has 12 heavy (non-hydrogen) atoms. The maximum Gasteiger partial charge on any atom is 0.147 e. The second kappa shape index (κ2) is 3.77. The minimum absolute atomic E-state index is 0.377. The largest absolute Gasteiger partial charge is 0.229 e. The van der Waals surface area contributed by atoms with Gasteiger partial charge in [-0.1, -0.05) is 13.3 Å². The van der Waals surface area contributed by atoms with Crippen molar-refractivity contribution in [2.24, 2.45) is 11.8 Å². The Hall–Kier alpha value is -0.0500. The van der Waals surface area contributed by atoms with Crippen LogP contribution in [0.4, 0.5) is 0 Å². The van der Waals surface area contributed by atoms with E-state index in [2.05, 4.69) is 13.3 Å². The Bertz CT molecular complexity index is 231. The Kier molecular flexibility index (Phi) is 3.16. The van der Waals surface area contributed by atoms with Gasteiger partial charge in [0.25, 0.3) is 0 Å². The van der Waals surface area contributed by atoms with Crippen molar-refractivity contribution in [3.05, 3.63) is 6.42 Å². The summed E-state index contributed by atoms with van der Waals surface area (Å²) < 4.78 is 22.1. The zero-order valence-electron chi connectivity index (χ0n) is 7.79. The summed E-state index contributed by atoms with van der Waals surface area (Å²) in [7, 11) is -2.77. The van der Waals surface area contributed by atoms with Crippen molar-refractivity contribution < 1.29 is 8.42 Å². The molecule has 0 spiro atoms. The van der Waals surface area contributed by atoms with Crippen LogP contribution in [0.3, 0.4) is 0 Å². The third kappa shape index (κ3) is 2.77. The quantitative estimate of drug-likeness (QED) is 0.677. The van der Waals surface area contributed by atoms with Gasteiger partial charge in [-0.2, -0.15) is 0 Å². The van der Waals surface area contributed by atoms with Gasteiger partial charge in [0.15, 0.2) is 0 Å². The highest BCUT2D eigenvalue weighted by Crippen LogP contribution is 2.33. The highest BCUT2D eigenvalue weighted by molar-refractivity contribution is 7.90. The van der Waals surface area contributed by atoms with Crippen LogP contribution in [0.1, 0.15) is 26.2 Å². The third-order valence-corrected chi connectivity index (χ3v) is 3.68. The van der Waals surface area contributed by atoms with Gasteiger partial charge < -0.3 is 0 Å². The molecule has 0 aromatic rings. The first kappa shape index (κ1) is 10.0. The van der Waals surface area contributed by atoms with Crippen LogP contribution < -0.4 is 0 Å². The second-order valence-electron chi connectivity index (χ2n) is 3.78. The molecule has 1 aliphatic carbocycles. The maximum absolute atomic E-state index is 11.0. The van der Waals surface area contributed by atoms with Gasteiger partial charge in [-0.25, -0.2) is 8.42 Å². The van der Waals surface area contributed by atoms with E-state index < -0.39 is 9.84 Å². The first-order valence-electron chi connectivity index (χ1n) is 4.52. The minimum Gasteiger partial charge on any atom is -0.229 e. The van der Waals surface area contributed by atoms with E-state index in [9.17, 15) is 8.42 Å². The smallest absolute Gasteiger partial charge is 0.147 e. The Balaban J connectivity index is 2.52. The average Bonchev–Trinajstić information content (AvgIpc) is 2.31. The zero-order chi connectivity index (χ0) is 9.19. The summed E-state index contributed by atoms with van der Waals surface area (Å²) in [6, 6.07) is 0. The summed E-state index contributed by atoms with van der Waals surface area (Å²) in [6.07, 6.45) is 6.76. The summed E-state index contributed by atoms with van der Waals surface area (Å²) in [5.74, 6) is 1.38. The third-order valence-electron chi connectivity index (χ3n) is 2.65. The van der Waals surface area contributed by atoms with Crippen molar-refractivity contribution in [3.63, 3.8) is 0 Å². The molecular formula is C9H17O2S. The molecule has 2 unspecified atom stereocenters. The summed E-state index contributed by atoms with van der Waals surface area (Å²) in [6.45, 7) is 2.14. The van der Waals surface area contributed by atoms with Crippen LogP contribution >= 0.6 is 0 Å². The van der Waals surface area contributed by atoms with E-state index in [4.69, 9.17) is 0 Å². The van der Waals surface area contributed by atoms with E-state index in [0.717, 1.165) is 19.3 Å². The first-order valence-corrected chi connectivity index (χ1v) is 6.58. The van der Waals surface area contributed by atoms with Crippen molar-refractivity contribution in [1.29, 1.82) is 0 Å². The zero-order valence-corrected chi connectivity index (χ0v) is 8.60. The lowest BCUT2D eigenvalue weighted by atomic mass is 9.96. The lowest BCUT2D eigenvalue weighted by Crippen LogP contribution is -2.18. The molecule has 0 aromatic carbocycles. The van der Waals surface area contributed by atoms with E-state index in [1.54, 1.807) is 0 Å². The Morgan fingerprint density at radius 3 is 2.42 bits per heavy atom. The molecule has 2 nitrogen and oxygen atoms in total. The van der Waals surface area contributed by atoms with Gasteiger partial charge in [0.1, 0.15) is 9.84 Å². The van der Waals surface area contributed by atoms with Crippen LogP contribution in [-0.2, 0) is 9.84 Å². The van der Waals surface area contributed by atoms with E-state index in [1.807, 2.05) is 0 Å². The van der Waals surface area contributed by atoms with Gasteiger partial charge in [-0.05, 0) is 31.1 Å². The number of hydrogen-bond acceptors (Lipinski definition) is 2. The molecular weight excluding hydrogens is 172 g/mol. The molecule has 0 bridgehead atoms. The molecule has 2 atom stereocenters. The Labute approximate surface area is 75.3 Å². The fraction of sp³-hybridized carbons (Fsp3) is 0.889.